The Kier molecular flexibility index (Phi) is 6.34. The Morgan fingerprint density at radius 3 is 2.47 bits per heavy atom. The lowest BCUT2D eigenvalue weighted by atomic mass is 10.00. The van der Waals surface area contributed by atoms with Gasteiger partial charge < -0.3 is 10.1 Å². The van der Waals surface area contributed by atoms with Crippen molar-refractivity contribution in [2.45, 2.75) is 45.6 Å². The predicted molar refractivity (Wildman–Crippen MR) is 69.1 cm³/mol. The minimum atomic E-state index is -0.323. The number of rotatable bonds is 5. The van der Waals surface area contributed by atoms with Gasteiger partial charge >= 0.3 is 6.09 Å². The van der Waals surface area contributed by atoms with Crippen LogP contribution in [0.15, 0.2) is 0 Å². The number of nitrogens with zero attached hydrogens (tertiary/aromatic N) is 1. The van der Waals surface area contributed by atoms with Gasteiger partial charge in [-0.25, -0.2) is 4.79 Å². The molecule has 0 radical (unpaired) electrons. The second-order valence-electron chi connectivity index (χ2n) is 5.25. The van der Waals surface area contributed by atoms with Crippen LogP contribution < -0.4 is 5.32 Å². The summed E-state index contributed by atoms with van der Waals surface area (Å²) in [6.07, 6.45) is 4.72. The van der Waals surface area contributed by atoms with Gasteiger partial charge in [0.05, 0.1) is 7.11 Å². The Hall–Kier alpha value is -0.770. The topological polar surface area (TPSA) is 41.6 Å². The zero-order valence-electron chi connectivity index (χ0n) is 11.4. The number of piperidine rings is 1. The Labute approximate surface area is 105 Å². The molecule has 1 amide bonds. The molecule has 1 N–H and O–H groups in total. The van der Waals surface area contributed by atoms with Crippen molar-refractivity contribution in [3.8, 4) is 0 Å². The maximum absolute atomic E-state index is 11.1. The number of hydrogen-bond donors (Lipinski definition) is 1. The van der Waals surface area contributed by atoms with Crippen molar-refractivity contribution >= 4 is 6.09 Å². The maximum Gasteiger partial charge on any atom is 0.406 e. The van der Waals surface area contributed by atoms with E-state index in [1.807, 2.05) is 0 Å². The van der Waals surface area contributed by atoms with E-state index in [-0.39, 0.29) is 6.09 Å². The van der Waals surface area contributed by atoms with Crippen LogP contribution in [0.3, 0.4) is 0 Å². The zero-order valence-corrected chi connectivity index (χ0v) is 11.4. The summed E-state index contributed by atoms with van der Waals surface area (Å²) >= 11 is 0. The lowest BCUT2D eigenvalue weighted by molar-refractivity contribution is 0.132. The van der Waals surface area contributed by atoms with Crippen LogP contribution in [0, 0.1) is 5.92 Å². The number of carbonyl (C=O) groups is 1. The van der Waals surface area contributed by atoms with E-state index in [9.17, 15) is 4.79 Å². The molecule has 1 aliphatic heterocycles. The fraction of sp³-hybridized carbons (Fsp3) is 0.923. The molecule has 1 heterocycles. The Morgan fingerprint density at radius 1 is 1.29 bits per heavy atom. The highest BCUT2D eigenvalue weighted by molar-refractivity contribution is 5.66. The summed E-state index contributed by atoms with van der Waals surface area (Å²) in [6.45, 7) is 7.50. The molecular weight excluding hydrogens is 216 g/mol. The third-order valence-electron chi connectivity index (χ3n) is 3.32. The van der Waals surface area contributed by atoms with Crippen LogP contribution in [0.4, 0.5) is 4.79 Å². The first-order valence-electron chi connectivity index (χ1n) is 6.69. The summed E-state index contributed by atoms with van der Waals surface area (Å²) in [7, 11) is 1.41. The minimum Gasteiger partial charge on any atom is -0.453 e. The standard InChI is InChI=1S/C13H26N2O2/c1-11(2)9-12(10-14-13(16)17-3)15-7-5-4-6-8-15/h11-12H,4-10H2,1-3H3,(H,14,16). The van der Waals surface area contributed by atoms with Crippen molar-refractivity contribution in [2.75, 3.05) is 26.7 Å². The number of amides is 1. The molecule has 4 heteroatoms. The number of hydrogen-bond acceptors (Lipinski definition) is 3. The van der Waals surface area contributed by atoms with Gasteiger partial charge in [0.15, 0.2) is 0 Å². The van der Waals surface area contributed by atoms with Crippen molar-refractivity contribution in [1.82, 2.24) is 10.2 Å². The molecule has 0 aliphatic carbocycles. The highest BCUT2D eigenvalue weighted by Crippen LogP contribution is 2.17. The molecule has 17 heavy (non-hydrogen) atoms. The van der Waals surface area contributed by atoms with Crippen molar-refractivity contribution in [3.05, 3.63) is 0 Å². The lowest BCUT2D eigenvalue weighted by Crippen LogP contribution is -2.46. The fourth-order valence-electron chi connectivity index (χ4n) is 2.46. The largest absolute Gasteiger partial charge is 0.453 e. The average Bonchev–Trinajstić information content (AvgIpc) is 2.34. The van der Waals surface area contributed by atoms with Gasteiger partial charge in [0, 0.05) is 12.6 Å². The summed E-state index contributed by atoms with van der Waals surface area (Å²) in [5, 5.41) is 2.83. The van der Waals surface area contributed by atoms with Gasteiger partial charge in [0.25, 0.3) is 0 Å². The van der Waals surface area contributed by atoms with Gasteiger partial charge in [-0.05, 0) is 38.3 Å². The zero-order chi connectivity index (χ0) is 12.7. The second-order valence-corrected chi connectivity index (χ2v) is 5.25. The number of nitrogens with one attached hydrogen (secondary N) is 1. The average molecular weight is 242 g/mol. The van der Waals surface area contributed by atoms with Crippen LogP contribution in [-0.4, -0.2) is 43.8 Å². The van der Waals surface area contributed by atoms with E-state index in [1.54, 1.807) is 0 Å². The minimum absolute atomic E-state index is 0.323. The number of carbonyl (C=O) groups excluding carboxylic acids is 1. The van der Waals surface area contributed by atoms with Gasteiger partial charge in [-0.1, -0.05) is 20.3 Å². The SMILES string of the molecule is COC(=O)NCC(CC(C)C)N1CCCCC1. The quantitative estimate of drug-likeness (QED) is 0.804. The summed E-state index contributed by atoms with van der Waals surface area (Å²) in [5.74, 6) is 0.654. The molecule has 100 valence electrons. The predicted octanol–water partition coefficient (Wildman–Crippen LogP) is 2.24. The summed E-state index contributed by atoms with van der Waals surface area (Å²) in [4.78, 5) is 13.6. The summed E-state index contributed by atoms with van der Waals surface area (Å²) in [5.41, 5.74) is 0. The van der Waals surface area contributed by atoms with Crippen molar-refractivity contribution in [1.29, 1.82) is 0 Å². The third kappa shape index (κ3) is 5.39. The van der Waals surface area contributed by atoms with Crippen LogP contribution in [-0.2, 0) is 4.74 Å². The monoisotopic (exact) mass is 242 g/mol. The molecule has 0 saturated carbocycles. The smallest absolute Gasteiger partial charge is 0.406 e. The Bertz CT molecular complexity index is 225. The summed E-state index contributed by atoms with van der Waals surface area (Å²) in [6, 6.07) is 0.453. The van der Waals surface area contributed by atoms with Crippen LogP contribution in [0.25, 0.3) is 0 Å². The normalized spacial score (nSPS) is 19.1. The van der Waals surface area contributed by atoms with Gasteiger partial charge in [-0.2, -0.15) is 0 Å². The van der Waals surface area contributed by atoms with Crippen LogP contribution >= 0.6 is 0 Å². The molecule has 1 saturated heterocycles. The van der Waals surface area contributed by atoms with E-state index in [2.05, 4.69) is 28.8 Å². The van der Waals surface area contributed by atoms with E-state index in [0.717, 1.165) is 6.42 Å². The Balaban J connectivity index is 2.43. The number of alkyl carbamates (subject to hydrolysis) is 1. The van der Waals surface area contributed by atoms with Crippen molar-refractivity contribution in [3.63, 3.8) is 0 Å². The molecule has 0 spiro atoms. The molecule has 0 aromatic rings. The molecule has 0 aromatic carbocycles. The number of ether oxygens (including phenoxy) is 1. The van der Waals surface area contributed by atoms with Gasteiger partial charge in [-0.3, -0.25) is 4.90 Å². The lowest BCUT2D eigenvalue weighted by Gasteiger charge is -2.35. The maximum atomic E-state index is 11.1. The highest BCUT2D eigenvalue weighted by atomic mass is 16.5. The highest BCUT2D eigenvalue weighted by Gasteiger charge is 2.21. The first-order chi connectivity index (χ1) is 8.13. The number of methoxy groups -OCH3 is 1. The molecule has 0 bridgehead atoms. The second kappa shape index (κ2) is 7.54. The molecular formula is C13H26N2O2. The van der Waals surface area contributed by atoms with E-state index in [0.29, 0.717) is 18.5 Å². The van der Waals surface area contributed by atoms with Gasteiger partial charge in [0.1, 0.15) is 0 Å². The van der Waals surface area contributed by atoms with Crippen molar-refractivity contribution < 1.29 is 9.53 Å². The molecule has 1 unspecified atom stereocenters. The number of likely N-dealkylation sites (tertiary alicyclic amines) is 1. The first-order valence-corrected chi connectivity index (χ1v) is 6.69. The van der Waals surface area contributed by atoms with Crippen molar-refractivity contribution in [2.24, 2.45) is 5.92 Å². The molecule has 1 atom stereocenters. The molecule has 1 fully saturated rings. The fourth-order valence-corrected chi connectivity index (χ4v) is 2.46. The summed E-state index contributed by atoms with van der Waals surface area (Å²) < 4.78 is 4.62. The third-order valence-corrected chi connectivity index (χ3v) is 3.32. The Morgan fingerprint density at radius 2 is 1.94 bits per heavy atom. The van der Waals surface area contributed by atoms with E-state index in [1.165, 1.54) is 39.5 Å². The first kappa shape index (κ1) is 14.3. The van der Waals surface area contributed by atoms with Crippen LogP contribution in [0.2, 0.25) is 0 Å². The van der Waals surface area contributed by atoms with Gasteiger partial charge in [0.2, 0.25) is 0 Å². The van der Waals surface area contributed by atoms with E-state index in [4.69, 9.17) is 0 Å². The molecule has 0 aromatic heterocycles. The molecule has 1 rings (SSSR count). The molecule has 1 aliphatic rings. The van der Waals surface area contributed by atoms with Gasteiger partial charge in [-0.15, -0.1) is 0 Å². The van der Waals surface area contributed by atoms with E-state index >= 15 is 0 Å². The molecule has 4 nitrogen and oxygen atoms in total. The van der Waals surface area contributed by atoms with E-state index < -0.39 is 0 Å². The van der Waals surface area contributed by atoms with Crippen LogP contribution in [0.1, 0.15) is 39.5 Å². The van der Waals surface area contributed by atoms with Crippen LogP contribution in [0.5, 0.6) is 0 Å².